The Morgan fingerprint density at radius 2 is 2.00 bits per heavy atom. The molecule has 0 amide bonds. The Morgan fingerprint density at radius 3 is 2.57 bits per heavy atom. The van der Waals surface area contributed by atoms with Gasteiger partial charge in [-0.05, 0) is 14.0 Å². The molecule has 1 saturated heterocycles. The van der Waals surface area contributed by atoms with E-state index in [2.05, 4.69) is 22.4 Å². The number of hydrogen-bond donors (Lipinski definition) is 1. The fraction of sp³-hybridized carbons (Fsp3) is 0.889. The molecule has 0 aromatic heterocycles. The van der Waals surface area contributed by atoms with E-state index in [1.165, 1.54) is 0 Å². The van der Waals surface area contributed by atoms with Crippen molar-refractivity contribution in [3.8, 4) is 0 Å². The first-order chi connectivity index (χ1) is 6.72. The third kappa shape index (κ3) is 4.04. The number of esters is 1. The Bertz CT molecular complexity index is 179. The van der Waals surface area contributed by atoms with Crippen molar-refractivity contribution < 1.29 is 9.53 Å². The van der Waals surface area contributed by atoms with Gasteiger partial charge in [0.2, 0.25) is 0 Å². The number of nitrogens with zero attached hydrogens (tertiary/aromatic N) is 2. The Kier molecular flexibility index (Phi) is 4.86. The fourth-order valence-electron chi connectivity index (χ4n) is 1.35. The summed E-state index contributed by atoms with van der Waals surface area (Å²) in [6, 6.07) is 0. The number of nitrogens with one attached hydrogen (secondary N) is 1. The van der Waals surface area contributed by atoms with E-state index in [1.54, 1.807) is 0 Å². The summed E-state index contributed by atoms with van der Waals surface area (Å²) >= 11 is 0. The van der Waals surface area contributed by atoms with E-state index in [9.17, 15) is 4.79 Å². The van der Waals surface area contributed by atoms with Crippen LogP contribution in [0.15, 0.2) is 0 Å². The maximum absolute atomic E-state index is 11.0. The van der Waals surface area contributed by atoms with E-state index < -0.39 is 0 Å². The molecule has 5 heteroatoms. The van der Waals surface area contributed by atoms with E-state index >= 15 is 0 Å². The quantitative estimate of drug-likeness (QED) is 0.609. The zero-order valence-corrected chi connectivity index (χ0v) is 8.95. The topological polar surface area (TPSA) is 44.8 Å². The Labute approximate surface area is 85.0 Å². The molecule has 0 aliphatic carbocycles. The van der Waals surface area contributed by atoms with Crippen molar-refractivity contribution in [2.75, 3.05) is 46.4 Å². The fourth-order valence-corrected chi connectivity index (χ4v) is 1.35. The molecule has 0 aromatic carbocycles. The summed E-state index contributed by atoms with van der Waals surface area (Å²) in [5.74, 6) is -0.188. The second-order valence-electron chi connectivity index (χ2n) is 3.43. The van der Waals surface area contributed by atoms with Crippen LogP contribution in [0.5, 0.6) is 0 Å². The second kappa shape index (κ2) is 5.95. The highest BCUT2D eigenvalue weighted by atomic mass is 16.5. The van der Waals surface area contributed by atoms with E-state index in [1.807, 2.05) is 6.92 Å². The predicted molar refractivity (Wildman–Crippen MR) is 53.7 cm³/mol. The Balaban J connectivity index is 2.09. The monoisotopic (exact) mass is 201 g/mol. The van der Waals surface area contributed by atoms with Crippen molar-refractivity contribution in [2.45, 2.75) is 6.92 Å². The first-order valence-electron chi connectivity index (χ1n) is 5.05. The minimum Gasteiger partial charge on any atom is -0.465 e. The smallest absolute Gasteiger partial charge is 0.321 e. The summed E-state index contributed by atoms with van der Waals surface area (Å²) in [5, 5.41) is 2.07. The summed E-state index contributed by atoms with van der Waals surface area (Å²) in [7, 11) is 2.10. The molecule has 1 aliphatic rings. The molecule has 1 heterocycles. The van der Waals surface area contributed by atoms with Crippen LogP contribution in [0, 0.1) is 0 Å². The number of hydrazine groups is 1. The van der Waals surface area contributed by atoms with Crippen molar-refractivity contribution in [3.63, 3.8) is 0 Å². The lowest BCUT2D eigenvalue weighted by Gasteiger charge is -2.32. The summed E-state index contributed by atoms with van der Waals surface area (Å²) in [6.07, 6.45) is 0. The average Bonchev–Trinajstić information content (AvgIpc) is 2.17. The van der Waals surface area contributed by atoms with Gasteiger partial charge < -0.3 is 9.64 Å². The van der Waals surface area contributed by atoms with Crippen LogP contribution in [0.4, 0.5) is 0 Å². The number of likely N-dealkylation sites (N-methyl/N-ethyl adjacent to an activating group) is 1. The molecule has 1 N–H and O–H groups in total. The predicted octanol–water partition coefficient (Wildman–Crippen LogP) is -0.698. The zero-order chi connectivity index (χ0) is 10.4. The van der Waals surface area contributed by atoms with Gasteiger partial charge in [-0.2, -0.15) is 0 Å². The Morgan fingerprint density at radius 1 is 1.36 bits per heavy atom. The number of carbonyl (C=O) groups is 1. The third-order valence-electron chi connectivity index (χ3n) is 2.26. The van der Waals surface area contributed by atoms with E-state index in [0.29, 0.717) is 6.61 Å². The highest BCUT2D eigenvalue weighted by Gasteiger charge is 2.13. The highest BCUT2D eigenvalue weighted by Crippen LogP contribution is 1.94. The SMILES string of the molecule is CCOC(=O)CNN1CCN(C)CC1. The molecule has 1 fully saturated rings. The van der Waals surface area contributed by atoms with Crippen LogP contribution in [0.1, 0.15) is 6.92 Å². The molecule has 1 aliphatic heterocycles. The van der Waals surface area contributed by atoms with E-state index in [-0.39, 0.29) is 12.5 Å². The molecular formula is C9H19N3O2. The lowest BCUT2D eigenvalue weighted by molar-refractivity contribution is -0.143. The van der Waals surface area contributed by atoms with Gasteiger partial charge in [0.1, 0.15) is 6.54 Å². The molecule has 0 spiro atoms. The summed E-state index contributed by atoms with van der Waals surface area (Å²) in [6.45, 7) is 6.52. The molecule has 82 valence electrons. The van der Waals surface area contributed by atoms with Gasteiger partial charge in [-0.25, -0.2) is 10.4 Å². The van der Waals surface area contributed by atoms with Gasteiger partial charge in [0.25, 0.3) is 0 Å². The normalized spacial score (nSPS) is 19.6. The third-order valence-corrected chi connectivity index (χ3v) is 2.26. The van der Waals surface area contributed by atoms with Crippen LogP contribution >= 0.6 is 0 Å². The largest absolute Gasteiger partial charge is 0.465 e. The molecular weight excluding hydrogens is 182 g/mol. The molecule has 1 rings (SSSR count). The minimum atomic E-state index is -0.188. The maximum Gasteiger partial charge on any atom is 0.321 e. The first-order valence-corrected chi connectivity index (χ1v) is 5.05. The van der Waals surface area contributed by atoms with Gasteiger partial charge in [-0.15, -0.1) is 0 Å². The second-order valence-corrected chi connectivity index (χ2v) is 3.43. The number of piperazine rings is 1. The maximum atomic E-state index is 11.0. The molecule has 0 saturated carbocycles. The van der Waals surface area contributed by atoms with Crippen molar-refractivity contribution in [2.24, 2.45) is 0 Å². The summed E-state index contributed by atoms with van der Waals surface area (Å²) in [4.78, 5) is 13.3. The van der Waals surface area contributed by atoms with Crippen LogP contribution in [0.2, 0.25) is 0 Å². The Hall–Kier alpha value is -0.650. The number of carbonyl (C=O) groups excluding carboxylic acids is 1. The zero-order valence-electron chi connectivity index (χ0n) is 8.95. The number of hydrogen-bond acceptors (Lipinski definition) is 5. The lowest BCUT2D eigenvalue weighted by atomic mass is 10.4. The summed E-state index contributed by atoms with van der Waals surface area (Å²) in [5.41, 5.74) is 3.06. The van der Waals surface area contributed by atoms with Gasteiger partial charge in [0.05, 0.1) is 6.61 Å². The van der Waals surface area contributed by atoms with Gasteiger partial charge in [-0.1, -0.05) is 0 Å². The standard InChI is InChI=1S/C9H19N3O2/c1-3-14-9(13)8-10-12-6-4-11(2)5-7-12/h10H,3-8H2,1-2H3. The van der Waals surface area contributed by atoms with E-state index in [4.69, 9.17) is 4.74 Å². The van der Waals surface area contributed by atoms with Crippen molar-refractivity contribution >= 4 is 5.97 Å². The summed E-state index contributed by atoms with van der Waals surface area (Å²) < 4.78 is 4.82. The lowest BCUT2D eigenvalue weighted by Crippen LogP contribution is -2.52. The van der Waals surface area contributed by atoms with Gasteiger partial charge in [0.15, 0.2) is 0 Å². The van der Waals surface area contributed by atoms with Gasteiger partial charge in [-0.3, -0.25) is 4.79 Å². The van der Waals surface area contributed by atoms with Gasteiger partial charge >= 0.3 is 5.97 Å². The molecule has 0 bridgehead atoms. The van der Waals surface area contributed by atoms with Crippen LogP contribution in [-0.4, -0.2) is 62.3 Å². The molecule has 0 unspecified atom stereocenters. The number of ether oxygens (including phenoxy) is 1. The van der Waals surface area contributed by atoms with Crippen molar-refractivity contribution in [3.05, 3.63) is 0 Å². The average molecular weight is 201 g/mol. The first kappa shape index (κ1) is 11.4. The van der Waals surface area contributed by atoms with Crippen LogP contribution < -0.4 is 5.43 Å². The van der Waals surface area contributed by atoms with Crippen molar-refractivity contribution in [1.82, 2.24) is 15.3 Å². The molecule has 0 atom stereocenters. The highest BCUT2D eigenvalue weighted by molar-refractivity contribution is 5.71. The van der Waals surface area contributed by atoms with Gasteiger partial charge in [0, 0.05) is 26.2 Å². The van der Waals surface area contributed by atoms with Crippen LogP contribution in [0.3, 0.4) is 0 Å². The van der Waals surface area contributed by atoms with Crippen LogP contribution in [-0.2, 0) is 9.53 Å². The molecule has 5 nitrogen and oxygen atoms in total. The minimum absolute atomic E-state index is 0.188. The van der Waals surface area contributed by atoms with E-state index in [0.717, 1.165) is 26.2 Å². The number of rotatable bonds is 4. The molecule has 14 heavy (non-hydrogen) atoms. The van der Waals surface area contributed by atoms with Crippen LogP contribution in [0.25, 0.3) is 0 Å². The molecule has 0 aromatic rings. The van der Waals surface area contributed by atoms with Crippen molar-refractivity contribution in [1.29, 1.82) is 0 Å². The molecule has 0 radical (unpaired) electrons.